The van der Waals surface area contributed by atoms with E-state index in [4.69, 9.17) is 5.11 Å². The zero-order chi connectivity index (χ0) is 10.8. The van der Waals surface area contributed by atoms with Gasteiger partial charge in [0.25, 0.3) is 0 Å². The summed E-state index contributed by atoms with van der Waals surface area (Å²) in [6.07, 6.45) is 2.63. The number of aryl methyl sites for hydroxylation is 1. The summed E-state index contributed by atoms with van der Waals surface area (Å²) in [5.74, 6) is -0.451. The van der Waals surface area contributed by atoms with Gasteiger partial charge in [0.2, 0.25) is 0 Å². The smallest absolute Gasteiger partial charge is 0.338 e. The fourth-order valence-corrected chi connectivity index (χ4v) is 1.83. The summed E-state index contributed by atoms with van der Waals surface area (Å²) < 4.78 is 0. The molecule has 0 amide bonds. The summed E-state index contributed by atoms with van der Waals surface area (Å²) in [6, 6.07) is 1.97. The SMILES string of the molecule is Cc1cc(-c2ncc(C(=O)O)cn2)cs1. The van der Waals surface area contributed by atoms with Gasteiger partial charge in [0, 0.05) is 28.2 Å². The van der Waals surface area contributed by atoms with Crippen molar-refractivity contribution in [3.8, 4) is 11.4 Å². The molecule has 2 rings (SSSR count). The molecule has 76 valence electrons. The average Bonchev–Trinajstić information content (AvgIpc) is 2.65. The number of aromatic nitrogens is 2. The number of carboxylic acids is 1. The highest BCUT2D eigenvalue weighted by molar-refractivity contribution is 7.10. The summed E-state index contributed by atoms with van der Waals surface area (Å²) in [5.41, 5.74) is 1.03. The molecule has 0 unspecified atom stereocenters. The standard InChI is InChI=1S/C10H8N2O2S/c1-6-2-7(5-15-6)9-11-3-8(4-12-9)10(13)14/h2-5H,1H3,(H,13,14). The Bertz CT molecular complexity index is 490. The van der Waals surface area contributed by atoms with Crippen molar-refractivity contribution in [2.24, 2.45) is 0 Å². The Morgan fingerprint density at radius 2 is 2.07 bits per heavy atom. The zero-order valence-electron chi connectivity index (χ0n) is 7.97. The molecule has 2 aromatic rings. The van der Waals surface area contributed by atoms with Gasteiger partial charge in [0.05, 0.1) is 5.56 Å². The summed E-state index contributed by atoms with van der Waals surface area (Å²) in [5, 5.41) is 10.6. The molecular formula is C10H8N2O2S. The topological polar surface area (TPSA) is 63.1 Å². The van der Waals surface area contributed by atoms with Crippen LogP contribution in [0.15, 0.2) is 23.8 Å². The molecule has 0 aliphatic rings. The van der Waals surface area contributed by atoms with Crippen molar-refractivity contribution in [2.75, 3.05) is 0 Å². The second-order valence-corrected chi connectivity index (χ2v) is 4.16. The lowest BCUT2D eigenvalue weighted by Crippen LogP contribution is -1.99. The Morgan fingerprint density at radius 1 is 1.40 bits per heavy atom. The van der Waals surface area contributed by atoms with E-state index in [0.717, 1.165) is 5.56 Å². The van der Waals surface area contributed by atoms with Crippen LogP contribution in [0.4, 0.5) is 0 Å². The molecule has 2 aromatic heterocycles. The van der Waals surface area contributed by atoms with Crippen LogP contribution in [0, 0.1) is 6.92 Å². The Morgan fingerprint density at radius 3 is 2.53 bits per heavy atom. The van der Waals surface area contributed by atoms with Crippen LogP contribution in [0.3, 0.4) is 0 Å². The van der Waals surface area contributed by atoms with E-state index >= 15 is 0 Å². The Labute approximate surface area is 90.3 Å². The number of rotatable bonds is 2. The van der Waals surface area contributed by atoms with Crippen molar-refractivity contribution in [3.05, 3.63) is 34.3 Å². The molecule has 0 saturated carbocycles. The number of hydrogen-bond donors (Lipinski definition) is 1. The summed E-state index contributed by atoms with van der Waals surface area (Å²) in [7, 11) is 0. The van der Waals surface area contributed by atoms with Crippen LogP contribution >= 0.6 is 11.3 Å². The molecule has 0 aliphatic heterocycles. The lowest BCUT2D eigenvalue weighted by molar-refractivity contribution is 0.0696. The highest BCUT2D eigenvalue weighted by Gasteiger charge is 2.06. The van der Waals surface area contributed by atoms with E-state index in [1.165, 1.54) is 17.3 Å². The second kappa shape index (κ2) is 3.78. The van der Waals surface area contributed by atoms with E-state index in [9.17, 15) is 4.79 Å². The van der Waals surface area contributed by atoms with Crippen LogP contribution < -0.4 is 0 Å². The van der Waals surface area contributed by atoms with Crippen LogP contribution in [-0.2, 0) is 0 Å². The fourth-order valence-electron chi connectivity index (χ4n) is 1.15. The van der Waals surface area contributed by atoms with Crippen molar-refractivity contribution in [1.82, 2.24) is 9.97 Å². The Balaban J connectivity index is 2.35. The monoisotopic (exact) mass is 220 g/mol. The van der Waals surface area contributed by atoms with Gasteiger partial charge < -0.3 is 5.11 Å². The van der Waals surface area contributed by atoms with E-state index in [1.54, 1.807) is 11.3 Å². The molecule has 4 nitrogen and oxygen atoms in total. The van der Waals surface area contributed by atoms with E-state index in [2.05, 4.69) is 9.97 Å². The summed E-state index contributed by atoms with van der Waals surface area (Å²) in [6.45, 7) is 2.00. The molecule has 0 spiro atoms. The van der Waals surface area contributed by atoms with Crippen LogP contribution in [0.5, 0.6) is 0 Å². The number of carbonyl (C=O) groups is 1. The Kier molecular flexibility index (Phi) is 2.47. The first-order valence-electron chi connectivity index (χ1n) is 4.27. The highest BCUT2D eigenvalue weighted by Crippen LogP contribution is 2.21. The first-order valence-corrected chi connectivity index (χ1v) is 5.15. The van der Waals surface area contributed by atoms with Crippen molar-refractivity contribution < 1.29 is 9.90 Å². The fraction of sp³-hybridized carbons (Fsp3) is 0.100. The molecule has 1 N–H and O–H groups in total. The van der Waals surface area contributed by atoms with Crippen LogP contribution in [0.25, 0.3) is 11.4 Å². The van der Waals surface area contributed by atoms with Crippen LogP contribution in [-0.4, -0.2) is 21.0 Å². The molecule has 0 radical (unpaired) electrons. The molecule has 0 bridgehead atoms. The molecule has 0 saturated heterocycles. The number of hydrogen-bond acceptors (Lipinski definition) is 4. The predicted octanol–water partition coefficient (Wildman–Crippen LogP) is 2.21. The largest absolute Gasteiger partial charge is 0.478 e. The predicted molar refractivity (Wildman–Crippen MR) is 57.0 cm³/mol. The quantitative estimate of drug-likeness (QED) is 0.842. The number of nitrogens with zero attached hydrogens (tertiary/aromatic N) is 2. The molecule has 15 heavy (non-hydrogen) atoms. The van der Waals surface area contributed by atoms with E-state index < -0.39 is 5.97 Å². The lowest BCUT2D eigenvalue weighted by atomic mass is 10.3. The molecule has 0 atom stereocenters. The molecule has 0 fully saturated rings. The van der Waals surface area contributed by atoms with Crippen LogP contribution in [0.1, 0.15) is 15.2 Å². The normalized spacial score (nSPS) is 10.2. The van der Waals surface area contributed by atoms with Crippen molar-refractivity contribution >= 4 is 17.3 Å². The van der Waals surface area contributed by atoms with Crippen molar-refractivity contribution in [1.29, 1.82) is 0 Å². The molecule has 0 aliphatic carbocycles. The highest BCUT2D eigenvalue weighted by atomic mass is 32.1. The van der Waals surface area contributed by atoms with E-state index in [-0.39, 0.29) is 5.56 Å². The van der Waals surface area contributed by atoms with Gasteiger partial charge in [-0.1, -0.05) is 0 Å². The van der Waals surface area contributed by atoms with Gasteiger partial charge in [-0.15, -0.1) is 11.3 Å². The van der Waals surface area contributed by atoms with E-state index in [0.29, 0.717) is 5.82 Å². The van der Waals surface area contributed by atoms with Crippen molar-refractivity contribution in [3.63, 3.8) is 0 Å². The minimum absolute atomic E-state index is 0.103. The molecular weight excluding hydrogens is 212 g/mol. The third-order valence-electron chi connectivity index (χ3n) is 1.89. The van der Waals surface area contributed by atoms with E-state index in [1.807, 2.05) is 18.4 Å². The zero-order valence-corrected chi connectivity index (χ0v) is 8.78. The minimum atomic E-state index is -1.01. The first kappa shape index (κ1) is 9.79. The summed E-state index contributed by atoms with van der Waals surface area (Å²) in [4.78, 5) is 19.7. The Hall–Kier alpha value is -1.75. The van der Waals surface area contributed by atoms with Gasteiger partial charge in [0.1, 0.15) is 0 Å². The maximum atomic E-state index is 10.6. The molecule has 5 heteroatoms. The number of carboxylic acid groups (broad SMARTS) is 1. The molecule has 0 aromatic carbocycles. The van der Waals surface area contributed by atoms with Gasteiger partial charge >= 0.3 is 5.97 Å². The maximum Gasteiger partial charge on any atom is 0.338 e. The second-order valence-electron chi connectivity index (χ2n) is 3.05. The van der Waals surface area contributed by atoms with Gasteiger partial charge in [0.15, 0.2) is 5.82 Å². The maximum absolute atomic E-state index is 10.6. The summed E-state index contributed by atoms with van der Waals surface area (Å²) >= 11 is 1.61. The third kappa shape index (κ3) is 2.02. The van der Waals surface area contributed by atoms with Crippen LogP contribution in [0.2, 0.25) is 0 Å². The van der Waals surface area contributed by atoms with Gasteiger partial charge in [-0.2, -0.15) is 0 Å². The minimum Gasteiger partial charge on any atom is -0.478 e. The van der Waals surface area contributed by atoms with Crippen molar-refractivity contribution in [2.45, 2.75) is 6.92 Å². The number of thiophene rings is 1. The average molecular weight is 220 g/mol. The first-order chi connectivity index (χ1) is 7.16. The third-order valence-corrected chi connectivity index (χ3v) is 2.75. The lowest BCUT2D eigenvalue weighted by Gasteiger charge is -1.96. The number of aromatic carboxylic acids is 1. The van der Waals surface area contributed by atoms with Gasteiger partial charge in [-0.05, 0) is 13.0 Å². The van der Waals surface area contributed by atoms with Gasteiger partial charge in [-0.3, -0.25) is 0 Å². The molecule has 2 heterocycles. The van der Waals surface area contributed by atoms with Gasteiger partial charge in [-0.25, -0.2) is 14.8 Å².